The molecule has 1 heterocycles. The number of hydroxylamine groups is 2. The van der Waals surface area contributed by atoms with Gasteiger partial charge in [-0.2, -0.15) is 5.06 Å². The Bertz CT molecular complexity index is 356. The number of hydrogen-bond acceptors (Lipinski definition) is 5. The number of nitrogens with zero attached hydrogens (tertiary/aromatic N) is 1. The predicted molar refractivity (Wildman–Crippen MR) is 80.9 cm³/mol. The molecule has 0 spiro atoms. The van der Waals surface area contributed by atoms with Crippen molar-refractivity contribution in [3.05, 3.63) is 0 Å². The van der Waals surface area contributed by atoms with Crippen LogP contribution in [0.1, 0.15) is 54.4 Å². The first-order chi connectivity index (χ1) is 9.33. The molecule has 1 aliphatic heterocycles. The van der Waals surface area contributed by atoms with Crippen molar-refractivity contribution in [2.45, 2.75) is 77.1 Å². The smallest absolute Gasteiger partial charge is 0.317 e. The van der Waals surface area contributed by atoms with E-state index in [1.807, 2.05) is 5.06 Å². The molecular formula is C15H30N2O4. The second kappa shape index (κ2) is 6.20. The molecule has 0 atom stereocenters. The van der Waals surface area contributed by atoms with Crippen LogP contribution in [0.25, 0.3) is 0 Å². The fraction of sp³-hybridized carbons (Fsp3) is 0.933. The molecule has 0 aromatic carbocycles. The largest absolute Gasteiger partial charge is 0.480 e. The first-order valence-corrected chi connectivity index (χ1v) is 7.44. The number of piperidine rings is 1. The van der Waals surface area contributed by atoms with Crippen molar-refractivity contribution in [1.82, 2.24) is 10.4 Å². The van der Waals surface area contributed by atoms with Gasteiger partial charge in [0.2, 0.25) is 0 Å². The molecule has 0 unspecified atom stereocenters. The van der Waals surface area contributed by atoms with Crippen molar-refractivity contribution < 1.29 is 19.8 Å². The third-order valence-electron chi connectivity index (χ3n) is 3.68. The predicted octanol–water partition coefficient (Wildman–Crippen LogP) is 1.38. The van der Waals surface area contributed by atoms with Gasteiger partial charge in [0.05, 0.1) is 18.8 Å². The van der Waals surface area contributed by atoms with Gasteiger partial charge in [-0.25, -0.2) is 0 Å². The number of rotatable bonds is 6. The van der Waals surface area contributed by atoms with E-state index in [-0.39, 0.29) is 30.3 Å². The minimum atomic E-state index is -0.884. The molecule has 0 bridgehead atoms. The summed E-state index contributed by atoms with van der Waals surface area (Å²) in [6.07, 6.45) is 1.57. The highest BCUT2D eigenvalue weighted by molar-refractivity contribution is 5.69. The van der Waals surface area contributed by atoms with Crippen LogP contribution in [0.4, 0.5) is 0 Å². The summed E-state index contributed by atoms with van der Waals surface area (Å²) in [5.41, 5.74) is -1.38. The zero-order valence-corrected chi connectivity index (χ0v) is 14.1. The van der Waals surface area contributed by atoms with Gasteiger partial charge >= 0.3 is 5.97 Å². The Morgan fingerprint density at radius 1 is 1.29 bits per heavy atom. The molecule has 3 N–H and O–H groups in total. The fourth-order valence-electron chi connectivity index (χ4n) is 3.21. The Hall–Kier alpha value is -0.690. The van der Waals surface area contributed by atoms with Crippen LogP contribution in [0.3, 0.4) is 0 Å². The lowest BCUT2D eigenvalue weighted by atomic mass is 9.79. The average molecular weight is 302 g/mol. The lowest BCUT2D eigenvalue weighted by molar-refractivity contribution is -0.299. The maximum Gasteiger partial charge on any atom is 0.317 e. The van der Waals surface area contributed by atoms with Gasteiger partial charge in [0.1, 0.15) is 0 Å². The van der Waals surface area contributed by atoms with E-state index in [1.54, 1.807) is 13.8 Å². The van der Waals surface area contributed by atoms with E-state index >= 15 is 0 Å². The molecule has 124 valence electrons. The first kappa shape index (κ1) is 18.4. The Labute approximate surface area is 127 Å². The molecular weight excluding hydrogens is 272 g/mol. The molecule has 6 heteroatoms. The van der Waals surface area contributed by atoms with Gasteiger partial charge in [-0.3, -0.25) is 9.63 Å². The molecule has 0 saturated carbocycles. The SMILES string of the molecule is CC(C)(O)CON1C(C)(C)CC(NCC(=O)O)CC1(C)C. The number of aliphatic hydroxyl groups is 1. The summed E-state index contributed by atoms with van der Waals surface area (Å²) >= 11 is 0. The van der Waals surface area contributed by atoms with Gasteiger partial charge in [-0.05, 0) is 54.4 Å². The molecule has 1 saturated heterocycles. The minimum Gasteiger partial charge on any atom is -0.480 e. The minimum absolute atomic E-state index is 0.0264. The zero-order valence-electron chi connectivity index (χ0n) is 14.1. The van der Waals surface area contributed by atoms with Crippen LogP contribution in [0.5, 0.6) is 0 Å². The molecule has 0 aromatic rings. The number of nitrogens with one attached hydrogen (secondary N) is 1. The Morgan fingerprint density at radius 3 is 2.14 bits per heavy atom. The third-order valence-corrected chi connectivity index (χ3v) is 3.68. The monoisotopic (exact) mass is 302 g/mol. The van der Waals surface area contributed by atoms with Crippen molar-refractivity contribution >= 4 is 5.97 Å². The van der Waals surface area contributed by atoms with E-state index in [1.165, 1.54) is 0 Å². The lowest BCUT2D eigenvalue weighted by Crippen LogP contribution is -2.64. The quantitative estimate of drug-likeness (QED) is 0.688. The van der Waals surface area contributed by atoms with E-state index < -0.39 is 11.6 Å². The Balaban J connectivity index is 2.76. The van der Waals surface area contributed by atoms with E-state index in [9.17, 15) is 9.90 Å². The molecule has 6 nitrogen and oxygen atoms in total. The van der Waals surface area contributed by atoms with Gasteiger partial charge < -0.3 is 15.5 Å². The normalized spacial score (nSPS) is 23.2. The third kappa shape index (κ3) is 5.54. The second-order valence-corrected chi connectivity index (χ2v) is 7.88. The van der Waals surface area contributed by atoms with E-state index in [0.29, 0.717) is 0 Å². The summed E-state index contributed by atoms with van der Waals surface area (Å²) in [6.45, 7) is 11.9. The molecule has 1 rings (SSSR count). The van der Waals surface area contributed by atoms with E-state index in [2.05, 4.69) is 33.0 Å². The summed E-state index contributed by atoms with van der Waals surface area (Å²) in [6, 6.07) is 0.132. The van der Waals surface area contributed by atoms with Crippen molar-refractivity contribution in [3.63, 3.8) is 0 Å². The Morgan fingerprint density at radius 2 is 1.76 bits per heavy atom. The molecule has 0 aromatic heterocycles. The van der Waals surface area contributed by atoms with Crippen molar-refractivity contribution in [2.75, 3.05) is 13.2 Å². The lowest BCUT2D eigenvalue weighted by Gasteiger charge is -2.54. The number of carbonyl (C=O) groups is 1. The van der Waals surface area contributed by atoms with Gasteiger partial charge in [-0.15, -0.1) is 0 Å². The van der Waals surface area contributed by atoms with E-state index in [4.69, 9.17) is 9.94 Å². The molecule has 21 heavy (non-hydrogen) atoms. The van der Waals surface area contributed by atoms with Crippen molar-refractivity contribution in [1.29, 1.82) is 0 Å². The zero-order chi connectivity index (χ0) is 16.5. The van der Waals surface area contributed by atoms with Gasteiger partial charge in [0, 0.05) is 17.1 Å². The maximum absolute atomic E-state index is 10.7. The molecule has 0 amide bonds. The number of aliphatic carboxylic acids is 1. The van der Waals surface area contributed by atoms with Crippen LogP contribution in [0.15, 0.2) is 0 Å². The van der Waals surface area contributed by atoms with Crippen LogP contribution in [0.2, 0.25) is 0 Å². The molecule has 0 radical (unpaired) electrons. The maximum atomic E-state index is 10.7. The number of carboxylic acid groups (broad SMARTS) is 1. The van der Waals surface area contributed by atoms with Crippen LogP contribution in [0, 0.1) is 0 Å². The highest BCUT2D eigenvalue weighted by Gasteiger charge is 2.46. The van der Waals surface area contributed by atoms with Gasteiger partial charge in [-0.1, -0.05) is 0 Å². The van der Waals surface area contributed by atoms with Crippen LogP contribution < -0.4 is 5.32 Å². The average Bonchev–Trinajstić information content (AvgIpc) is 2.21. The molecule has 1 fully saturated rings. The topological polar surface area (TPSA) is 82.0 Å². The summed E-state index contributed by atoms with van der Waals surface area (Å²) in [5.74, 6) is -0.841. The highest BCUT2D eigenvalue weighted by atomic mass is 16.7. The summed E-state index contributed by atoms with van der Waals surface area (Å²) in [7, 11) is 0. The first-order valence-electron chi connectivity index (χ1n) is 7.44. The summed E-state index contributed by atoms with van der Waals surface area (Å²) < 4.78 is 0. The van der Waals surface area contributed by atoms with Gasteiger partial charge in [0.25, 0.3) is 0 Å². The highest BCUT2D eigenvalue weighted by Crippen LogP contribution is 2.38. The van der Waals surface area contributed by atoms with Crippen molar-refractivity contribution in [3.8, 4) is 0 Å². The summed E-state index contributed by atoms with van der Waals surface area (Å²) in [5, 5.41) is 23.7. The van der Waals surface area contributed by atoms with Crippen LogP contribution in [-0.2, 0) is 9.63 Å². The number of carboxylic acids is 1. The fourth-order valence-corrected chi connectivity index (χ4v) is 3.21. The van der Waals surface area contributed by atoms with Crippen molar-refractivity contribution in [2.24, 2.45) is 0 Å². The standard InChI is InChI=1S/C15H30N2O4/c1-13(2)7-11(16-9-12(18)19)8-14(3,4)17(13)21-10-15(5,6)20/h11,16,20H,7-10H2,1-6H3,(H,18,19). The van der Waals surface area contributed by atoms with Crippen LogP contribution in [-0.4, -0.2) is 57.1 Å². The molecule has 0 aliphatic carbocycles. The van der Waals surface area contributed by atoms with Gasteiger partial charge in [0.15, 0.2) is 0 Å². The molecule has 1 aliphatic rings. The second-order valence-electron chi connectivity index (χ2n) is 7.88. The number of hydrogen-bond donors (Lipinski definition) is 3. The summed E-state index contributed by atoms with van der Waals surface area (Å²) in [4.78, 5) is 16.6. The Kier molecular flexibility index (Phi) is 5.42. The van der Waals surface area contributed by atoms with E-state index in [0.717, 1.165) is 12.8 Å². The van der Waals surface area contributed by atoms with Crippen LogP contribution >= 0.6 is 0 Å².